The molecule has 3 rings (SSSR count). The van der Waals surface area contributed by atoms with Gasteiger partial charge in [0.1, 0.15) is 22.6 Å². The Labute approximate surface area is 187 Å². The van der Waals surface area contributed by atoms with E-state index in [1.54, 1.807) is 37.3 Å². The van der Waals surface area contributed by atoms with Crippen LogP contribution >= 0.6 is 23.2 Å². The largest absolute Gasteiger partial charge is 0.492 e. The number of hydrogen-bond donors (Lipinski definition) is 0. The molecule has 0 saturated heterocycles. The zero-order valence-electron chi connectivity index (χ0n) is 16.5. The molecule has 0 aliphatic carbocycles. The molecular formula is C22H18Cl2O7. The summed E-state index contributed by atoms with van der Waals surface area (Å²) < 4.78 is 20.8. The van der Waals surface area contributed by atoms with Gasteiger partial charge in [0.25, 0.3) is 0 Å². The highest BCUT2D eigenvalue weighted by Gasteiger charge is 2.15. The first-order chi connectivity index (χ1) is 14.9. The highest BCUT2D eigenvalue weighted by molar-refractivity contribution is 6.35. The summed E-state index contributed by atoms with van der Waals surface area (Å²) in [5.74, 6) is -0.538. The van der Waals surface area contributed by atoms with Crippen LogP contribution in [0.25, 0.3) is 11.0 Å². The van der Waals surface area contributed by atoms with Crippen LogP contribution in [0.1, 0.15) is 30.1 Å². The van der Waals surface area contributed by atoms with E-state index in [0.29, 0.717) is 27.6 Å². The molecule has 31 heavy (non-hydrogen) atoms. The smallest absolute Gasteiger partial charge is 0.351 e. The molecule has 0 fully saturated rings. The van der Waals surface area contributed by atoms with Crippen molar-refractivity contribution in [3.63, 3.8) is 0 Å². The molecule has 162 valence electrons. The summed E-state index contributed by atoms with van der Waals surface area (Å²) >= 11 is 11.9. The zero-order valence-corrected chi connectivity index (χ0v) is 18.0. The number of halogens is 2. The third-order valence-corrected chi connectivity index (χ3v) is 4.64. The minimum Gasteiger partial charge on any atom is -0.492 e. The van der Waals surface area contributed by atoms with Gasteiger partial charge in [-0.1, -0.05) is 23.2 Å². The third-order valence-electron chi connectivity index (χ3n) is 4.11. The summed E-state index contributed by atoms with van der Waals surface area (Å²) in [6.07, 6.45) is 0.512. The molecule has 0 saturated carbocycles. The average Bonchev–Trinajstić information content (AvgIpc) is 2.72. The van der Waals surface area contributed by atoms with E-state index in [1.165, 1.54) is 12.1 Å². The number of carbonyl (C=O) groups is 2. The van der Waals surface area contributed by atoms with Gasteiger partial charge in [-0.3, -0.25) is 4.79 Å². The van der Waals surface area contributed by atoms with Crippen molar-refractivity contribution in [3.8, 4) is 11.5 Å². The lowest BCUT2D eigenvalue weighted by atomic mass is 10.2. The minimum atomic E-state index is -0.826. The Kier molecular flexibility index (Phi) is 7.55. The van der Waals surface area contributed by atoms with E-state index in [0.717, 1.165) is 0 Å². The van der Waals surface area contributed by atoms with Crippen molar-refractivity contribution < 1.29 is 28.2 Å². The molecule has 0 amide bonds. The summed E-state index contributed by atoms with van der Waals surface area (Å²) in [7, 11) is 0. The van der Waals surface area contributed by atoms with Crippen LogP contribution < -0.4 is 15.1 Å². The number of carbonyl (C=O) groups excluding carboxylic acids is 2. The van der Waals surface area contributed by atoms with E-state index in [1.807, 2.05) is 0 Å². The molecule has 0 N–H and O–H groups in total. The van der Waals surface area contributed by atoms with E-state index < -0.39 is 17.6 Å². The quantitative estimate of drug-likeness (QED) is 0.199. The normalized spacial score (nSPS) is 10.7. The second-order valence-corrected chi connectivity index (χ2v) is 7.21. The number of hydrogen-bond acceptors (Lipinski definition) is 7. The van der Waals surface area contributed by atoms with Crippen molar-refractivity contribution in [2.75, 3.05) is 13.2 Å². The van der Waals surface area contributed by atoms with Crippen molar-refractivity contribution >= 4 is 46.1 Å². The highest BCUT2D eigenvalue weighted by atomic mass is 35.5. The van der Waals surface area contributed by atoms with Crippen LogP contribution in [0.5, 0.6) is 11.5 Å². The predicted octanol–water partition coefficient (Wildman–Crippen LogP) is 5.04. The molecule has 0 atom stereocenters. The maximum Gasteiger partial charge on any atom is 0.351 e. The van der Waals surface area contributed by atoms with Crippen LogP contribution in [0.15, 0.2) is 51.7 Å². The van der Waals surface area contributed by atoms with Gasteiger partial charge in [-0.25, -0.2) is 9.59 Å². The molecule has 0 aliphatic heterocycles. The molecule has 7 nitrogen and oxygen atoms in total. The Balaban J connectivity index is 1.57. The number of fused-ring (bicyclic) bond motifs is 1. The molecule has 1 aromatic heterocycles. The standard InChI is InChI=1S/C22H18Cl2O7/c1-2-28-21(26)16-10-13-5-7-15(12-19(13)31-22(16)27)30-20(25)4-3-9-29-18-8-6-14(23)11-17(18)24/h5-8,10-12H,2-4,9H2,1H3. The Morgan fingerprint density at radius 2 is 1.87 bits per heavy atom. The van der Waals surface area contributed by atoms with E-state index in [4.69, 9.17) is 41.8 Å². The van der Waals surface area contributed by atoms with E-state index in [2.05, 4.69) is 0 Å². The molecule has 0 unspecified atom stereocenters. The second-order valence-electron chi connectivity index (χ2n) is 6.37. The Bertz CT molecular complexity index is 1170. The van der Waals surface area contributed by atoms with E-state index >= 15 is 0 Å². The molecule has 0 aliphatic rings. The highest BCUT2D eigenvalue weighted by Crippen LogP contribution is 2.27. The first kappa shape index (κ1) is 22.7. The predicted molar refractivity (Wildman–Crippen MR) is 115 cm³/mol. The molecule has 2 aromatic carbocycles. The van der Waals surface area contributed by atoms with Crippen LogP contribution in [-0.2, 0) is 9.53 Å². The Hall–Kier alpha value is -3.03. The van der Waals surface area contributed by atoms with Gasteiger partial charge in [0, 0.05) is 22.9 Å². The Morgan fingerprint density at radius 3 is 2.61 bits per heavy atom. The molecule has 0 bridgehead atoms. The van der Waals surface area contributed by atoms with Crippen LogP contribution in [0, 0.1) is 0 Å². The van der Waals surface area contributed by atoms with Gasteiger partial charge >= 0.3 is 17.6 Å². The van der Waals surface area contributed by atoms with Crippen LogP contribution in [0.2, 0.25) is 10.0 Å². The van der Waals surface area contributed by atoms with Gasteiger partial charge in [-0.05, 0) is 49.7 Å². The first-order valence-electron chi connectivity index (χ1n) is 9.41. The first-order valence-corrected chi connectivity index (χ1v) is 10.2. The van der Waals surface area contributed by atoms with Crippen molar-refractivity contribution in [2.45, 2.75) is 19.8 Å². The lowest BCUT2D eigenvalue weighted by molar-refractivity contribution is -0.134. The van der Waals surface area contributed by atoms with Gasteiger partial charge in [0.15, 0.2) is 0 Å². The molecule has 0 radical (unpaired) electrons. The van der Waals surface area contributed by atoms with Crippen LogP contribution in [0.4, 0.5) is 0 Å². The molecule has 0 spiro atoms. The van der Waals surface area contributed by atoms with Gasteiger partial charge in [-0.2, -0.15) is 0 Å². The fourth-order valence-electron chi connectivity index (χ4n) is 2.68. The number of esters is 2. The van der Waals surface area contributed by atoms with Gasteiger partial charge in [-0.15, -0.1) is 0 Å². The van der Waals surface area contributed by atoms with Crippen molar-refractivity contribution in [1.82, 2.24) is 0 Å². The second kappa shape index (κ2) is 10.3. The minimum absolute atomic E-state index is 0.106. The summed E-state index contributed by atoms with van der Waals surface area (Å²) in [6, 6.07) is 10.8. The average molecular weight is 465 g/mol. The topological polar surface area (TPSA) is 92.0 Å². The monoisotopic (exact) mass is 464 g/mol. The van der Waals surface area contributed by atoms with Crippen molar-refractivity contribution in [3.05, 3.63) is 68.5 Å². The molecule has 9 heteroatoms. The van der Waals surface area contributed by atoms with E-state index in [-0.39, 0.29) is 36.5 Å². The summed E-state index contributed by atoms with van der Waals surface area (Å²) in [4.78, 5) is 35.9. The van der Waals surface area contributed by atoms with E-state index in [9.17, 15) is 14.4 Å². The maximum absolute atomic E-state index is 12.1. The number of benzene rings is 2. The van der Waals surface area contributed by atoms with Crippen LogP contribution in [-0.4, -0.2) is 25.2 Å². The molecule has 1 heterocycles. The summed E-state index contributed by atoms with van der Waals surface area (Å²) in [5, 5.41) is 1.39. The summed E-state index contributed by atoms with van der Waals surface area (Å²) in [5.41, 5.74) is -0.837. The fourth-order valence-corrected chi connectivity index (χ4v) is 3.14. The van der Waals surface area contributed by atoms with Gasteiger partial charge in [0.05, 0.1) is 18.2 Å². The number of ether oxygens (including phenoxy) is 3. The fraction of sp³-hybridized carbons (Fsp3) is 0.227. The molecule has 3 aromatic rings. The van der Waals surface area contributed by atoms with Gasteiger partial charge in [0.2, 0.25) is 0 Å². The van der Waals surface area contributed by atoms with Crippen molar-refractivity contribution in [2.24, 2.45) is 0 Å². The number of rotatable bonds is 8. The third kappa shape index (κ3) is 5.99. The Morgan fingerprint density at radius 1 is 1.06 bits per heavy atom. The molecular weight excluding hydrogens is 447 g/mol. The van der Waals surface area contributed by atoms with Crippen LogP contribution in [0.3, 0.4) is 0 Å². The SMILES string of the molecule is CCOC(=O)c1cc2ccc(OC(=O)CCCOc3ccc(Cl)cc3Cl)cc2oc1=O. The maximum atomic E-state index is 12.1. The lowest BCUT2D eigenvalue weighted by Gasteiger charge is -2.08. The summed E-state index contributed by atoms with van der Waals surface area (Å²) in [6.45, 7) is 2.04. The lowest BCUT2D eigenvalue weighted by Crippen LogP contribution is -2.16. The van der Waals surface area contributed by atoms with Gasteiger partial charge < -0.3 is 18.6 Å². The zero-order chi connectivity index (χ0) is 22.4. The van der Waals surface area contributed by atoms with Crippen molar-refractivity contribution in [1.29, 1.82) is 0 Å².